The number of halogens is 1. The second-order valence-electron chi connectivity index (χ2n) is 4.52. The molecule has 0 bridgehead atoms. The lowest BCUT2D eigenvalue weighted by molar-refractivity contribution is -0.114. The first-order valence-corrected chi connectivity index (χ1v) is 7.27. The fourth-order valence-electron chi connectivity index (χ4n) is 1.79. The van der Waals surface area contributed by atoms with Crippen molar-refractivity contribution in [1.29, 1.82) is 0 Å². The fourth-order valence-corrected chi connectivity index (χ4v) is 2.47. The molecular weight excluding hydrogens is 309 g/mol. The number of hydrogen-bond donors (Lipinski definition) is 1. The molecule has 7 nitrogen and oxygen atoms in total. The van der Waals surface area contributed by atoms with E-state index in [0.29, 0.717) is 10.7 Å². The number of aromatic nitrogens is 5. The minimum absolute atomic E-state index is 0.00932. The van der Waals surface area contributed by atoms with Gasteiger partial charge in [-0.25, -0.2) is 4.39 Å². The molecule has 2 heterocycles. The van der Waals surface area contributed by atoms with Gasteiger partial charge in [0, 0.05) is 5.56 Å². The highest BCUT2D eigenvalue weighted by atomic mass is 32.2. The van der Waals surface area contributed by atoms with Crippen molar-refractivity contribution in [3.05, 3.63) is 40.4 Å². The molecule has 2 aromatic heterocycles. The molecule has 0 saturated carbocycles. The van der Waals surface area contributed by atoms with Gasteiger partial charge in [-0.15, -0.1) is 10.2 Å². The molecule has 0 atom stereocenters. The molecule has 1 aromatic carbocycles. The predicted octanol–water partition coefficient (Wildman–Crippen LogP) is 1.30. The van der Waals surface area contributed by atoms with Gasteiger partial charge in [0.1, 0.15) is 11.6 Å². The molecular formula is C13H10FN5O2S. The van der Waals surface area contributed by atoms with Crippen molar-refractivity contribution < 1.29 is 9.18 Å². The predicted molar refractivity (Wildman–Crippen MR) is 78.2 cm³/mol. The molecule has 3 aromatic rings. The standard InChI is InChI=1S/C13H10FN5O2S/c1-7(20)6-22-13-17-16-12-15-11(21)10(18-19(12)13)8-2-4-9(14)5-3-8/h2-5H,6H2,1H3,(H,15,16,21). The molecule has 9 heteroatoms. The number of nitrogens with one attached hydrogen (secondary N) is 1. The highest BCUT2D eigenvalue weighted by Crippen LogP contribution is 2.17. The van der Waals surface area contributed by atoms with E-state index in [1.54, 1.807) is 0 Å². The molecule has 0 radical (unpaired) electrons. The maximum absolute atomic E-state index is 13.0. The summed E-state index contributed by atoms with van der Waals surface area (Å²) < 4.78 is 14.3. The van der Waals surface area contributed by atoms with E-state index in [1.807, 2.05) is 0 Å². The van der Waals surface area contributed by atoms with Crippen molar-refractivity contribution in [3.8, 4) is 11.3 Å². The van der Waals surface area contributed by atoms with E-state index < -0.39 is 11.4 Å². The SMILES string of the molecule is CC(=O)CSc1nnc2[nH]c(=O)c(-c3ccc(F)cc3)nn12. The number of nitrogens with zero attached hydrogens (tertiary/aromatic N) is 4. The summed E-state index contributed by atoms with van der Waals surface area (Å²) >= 11 is 1.17. The third-order valence-electron chi connectivity index (χ3n) is 2.77. The minimum Gasteiger partial charge on any atom is -0.299 e. The highest BCUT2D eigenvalue weighted by Gasteiger charge is 2.13. The summed E-state index contributed by atoms with van der Waals surface area (Å²) in [7, 11) is 0. The number of H-pyrrole nitrogens is 1. The topological polar surface area (TPSA) is 93.0 Å². The maximum atomic E-state index is 13.0. The van der Waals surface area contributed by atoms with Gasteiger partial charge in [-0.1, -0.05) is 11.8 Å². The Hall–Kier alpha value is -2.55. The van der Waals surface area contributed by atoms with Crippen LogP contribution in [0.4, 0.5) is 4.39 Å². The molecule has 0 saturated heterocycles. The summed E-state index contributed by atoms with van der Waals surface area (Å²) in [6.07, 6.45) is 0. The zero-order valence-electron chi connectivity index (χ0n) is 11.4. The first kappa shape index (κ1) is 14.4. The van der Waals surface area contributed by atoms with Crippen molar-refractivity contribution in [2.24, 2.45) is 0 Å². The lowest BCUT2D eigenvalue weighted by Crippen LogP contribution is -2.15. The molecule has 22 heavy (non-hydrogen) atoms. The summed E-state index contributed by atoms with van der Waals surface area (Å²) in [6.45, 7) is 1.47. The molecule has 0 aliphatic carbocycles. The number of aromatic amines is 1. The van der Waals surface area contributed by atoms with Crippen LogP contribution in [0.15, 0.2) is 34.2 Å². The van der Waals surface area contributed by atoms with E-state index in [2.05, 4.69) is 20.3 Å². The summed E-state index contributed by atoms with van der Waals surface area (Å²) in [5, 5.41) is 12.3. The first-order chi connectivity index (χ1) is 10.5. The lowest BCUT2D eigenvalue weighted by atomic mass is 10.2. The third kappa shape index (κ3) is 2.75. The quantitative estimate of drug-likeness (QED) is 0.729. The van der Waals surface area contributed by atoms with Crippen molar-refractivity contribution in [3.63, 3.8) is 0 Å². The molecule has 0 fully saturated rings. The fraction of sp³-hybridized carbons (Fsp3) is 0.154. The number of benzene rings is 1. The van der Waals surface area contributed by atoms with Crippen LogP contribution in [0.3, 0.4) is 0 Å². The Balaban J connectivity index is 2.09. The van der Waals surface area contributed by atoms with E-state index in [0.717, 1.165) is 0 Å². The number of ketones is 1. The van der Waals surface area contributed by atoms with Gasteiger partial charge < -0.3 is 0 Å². The average molecular weight is 319 g/mol. The highest BCUT2D eigenvalue weighted by molar-refractivity contribution is 7.99. The Morgan fingerprint density at radius 1 is 1.32 bits per heavy atom. The number of carbonyl (C=O) groups is 1. The Bertz CT molecular complexity index is 903. The molecule has 0 spiro atoms. The lowest BCUT2D eigenvalue weighted by Gasteiger charge is -2.02. The summed E-state index contributed by atoms with van der Waals surface area (Å²) in [6, 6.07) is 5.42. The van der Waals surface area contributed by atoms with Gasteiger partial charge in [-0.05, 0) is 31.2 Å². The summed E-state index contributed by atoms with van der Waals surface area (Å²) in [5.74, 6) is 0.00289. The van der Waals surface area contributed by atoms with Gasteiger partial charge in [0.15, 0.2) is 5.69 Å². The van der Waals surface area contributed by atoms with Crippen molar-refractivity contribution in [2.75, 3.05) is 5.75 Å². The van der Waals surface area contributed by atoms with Crippen LogP contribution in [0.5, 0.6) is 0 Å². The van der Waals surface area contributed by atoms with Crippen LogP contribution in [-0.2, 0) is 4.79 Å². The van der Waals surface area contributed by atoms with Gasteiger partial charge in [0.25, 0.3) is 11.3 Å². The molecule has 0 unspecified atom stereocenters. The van der Waals surface area contributed by atoms with Gasteiger partial charge in [0.05, 0.1) is 5.75 Å². The minimum atomic E-state index is -0.449. The van der Waals surface area contributed by atoms with Gasteiger partial charge >= 0.3 is 0 Å². The van der Waals surface area contributed by atoms with E-state index in [1.165, 1.54) is 47.5 Å². The Kier molecular flexibility index (Phi) is 3.72. The molecule has 112 valence electrons. The number of Topliss-reactive ketones (excluding diaryl/α,β-unsaturated/α-hetero) is 1. The van der Waals surface area contributed by atoms with Crippen molar-refractivity contribution in [2.45, 2.75) is 12.1 Å². The summed E-state index contributed by atoms with van der Waals surface area (Å²) in [4.78, 5) is 25.7. The van der Waals surface area contributed by atoms with Crippen LogP contribution in [-0.4, -0.2) is 36.3 Å². The smallest absolute Gasteiger partial charge is 0.279 e. The monoisotopic (exact) mass is 319 g/mol. The number of fused-ring (bicyclic) bond motifs is 1. The van der Waals surface area contributed by atoms with Crippen molar-refractivity contribution in [1.82, 2.24) is 24.8 Å². The van der Waals surface area contributed by atoms with Crippen LogP contribution in [0, 0.1) is 5.82 Å². The largest absolute Gasteiger partial charge is 0.299 e. The van der Waals surface area contributed by atoms with Crippen LogP contribution >= 0.6 is 11.8 Å². The Morgan fingerprint density at radius 2 is 2.05 bits per heavy atom. The Labute approximate surface area is 127 Å². The van der Waals surface area contributed by atoms with Crippen LogP contribution in [0.1, 0.15) is 6.92 Å². The molecule has 3 rings (SSSR count). The Morgan fingerprint density at radius 3 is 2.73 bits per heavy atom. The molecule has 0 aliphatic heterocycles. The van der Waals surface area contributed by atoms with E-state index >= 15 is 0 Å². The van der Waals surface area contributed by atoms with Gasteiger partial charge in [0.2, 0.25) is 5.16 Å². The van der Waals surface area contributed by atoms with Crippen LogP contribution in [0.2, 0.25) is 0 Å². The number of hydrogen-bond acceptors (Lipinski definition) is 6. The maximum Gasteiger partial charge on any atom is 0.279 e. The molecule has 1 N–H and O–H groups in total. The third-order valence-corrected chi connectivity index (χ3v) is 3.84. The normalized spacial score (nSPS) is 11.0. The number of carbonyl (C=O) groups excluding carboxylic acids is 1. The van der Waals surface area contributed by atoms with Gasteiger partial charge in [-0.2, -0.15) is 9.61 Å². The van der Waals surface area contributed by atoms with Crippen LogP contribution < -0.4 is 5.56 Å². The number of thioether (sulfide) groups is 1. The van der Waals surface area contributed by atoms with E-state index in [-0.39, 0.29) is 23.0 Å². The average Bonchev–Trinajstić information content (AvgIpc) is 2.87. The molecule has 0 amide bonds. The van der Waals surface area contributed by atoms with Crippen molar-refractivity contribution >= 4 is 23.3 Å². The second-order valence-corrected chi connectivity index (χ2v) is 5.46. The van der Waals surface area contributed by atoms with Gasteiger partial charge in [-0.3, -0.25) is 14.6 Å². The van der Waals surface area contributed by atoms with Crippen LogP contribution in [0.25, 0.3) is 17.0 Å². The van der Waals surface area contributed by atoms with E-state index in [4.69, 9.17) is 0 Å². The zero-order valence-corrected chi connectivity index (χ0v) is 12.2. The molecule has 0 aliphatic rings. The second kappa shape index (κ2) is 5.68. The van der Waals surface area contributed by atoms with E-state index in [9.17, 15) is 14.0 Å². The summed E-state index contributed by atoms with van der Waals surface area (Å²) in [5.41, 5.74) is 0.146. The first-order valence-electron chi connectivity index (χ1n) is 6.28. The number of rotatable bonds is 4. The zero-order chi connectivity index (χ0) is 15.7.